The predicted octanol–water partition coefficient (Wildman–Crippen LogP) is 6.90. The Bertz CT molecular complexity index is 341. The first-order valence-electron chi connectivity index (χ1n) is 9.58. The summed E-state index contributed by atoms with van der Waals surface area (Å²) < 4.78 is 0. The largest absolute Gasteiger partial charge is 0.392 e. The molecule has 1 nitrogen and oxygen atoms in total. The van der Waals surface area contributed by atoms with E-state index in [4.69, 9.17) is 5.11 Å². The van der Waals surface area contributed by atoms with Gasteiger partial charge in [0.25, 0.3) is 0 Å². The van der Waals surface area contributed by atoms with Crippen molar-refractivity contribution in [3.8, 4) is 0 Å². The monoisotopic (exact) mass is 318 g/mol. The van der Waals surface area contributed by atoms with Crippen LogP contribution in [-0.4, -0.2) is 11.7 Å². The Morgan fingerprint density at radius 3 is 1.87 bits per heavy atom. The average molecular weight is 319 g/mol. The van der Waals surface area contributed by atoms with Gasteiger partial charge in [0.15, 0.2) is 0 Å². The fourth-order valence-corrected chi connectivity index (χ4v) is 2.39. The van der Waals surface area contributed by atoms with Gasteiger partial charge >= 0.3 is 0 Å². The molecule has 0 aromatic carbocycles. The molecule has 0 aromatic heterocycles. The van der Waals surface area contributed by atoms with Crippen LogP contribution in [0.4, 0.5) is 0 Å². The molecule has 0 saturated heterocycles. The van der Waals surface area contributed by atoms with Gasteiger partial charge in [-0.1, -0.05) is 75.6 Å². The summed E-state index contributed by atoms with van der Waals surface area (Å²) in [4.78, 5) is 0. The van der Waals surface area contributed by atoms with E-state index in [0.717, 1.165) is 32.1 Å². The summed E-state index contributed by atoms with van der Waals surface area (Å²) in [5.74, 6) is 0. The number of rotatable bonds is 15. The van der Waals surface area contributed by atoms with E-state index in [0.29, 0.717) is 0 Å². The highest BCUT2D eigenvalue weighted by Gasteiger charge is 1.92. The molecule has 0 aliphatic carbocycles. The molecule has 0 aromatic rings. The maximum atomic E-state index is 9.07. The Kier molecular flexibility index (Phi) is 18.1. The Labute approximate surface area is 144 Å². The Balaban J connectivity index is 3.34. The predicted molar refractivity (Wildman–Crippen MR) is 105 cm³/mol. The maximum Gasteiger partial charge on any atom is 0.0641 e. The van der Waals surface area contributed by atoms with E-state index in [1.807, 2.05) is 0 Å². The van der Waals surface area contributed by atoms with E-state index in [1.165, 1.54) is 44.1 Å². The van der Waals surface area contributed by atoms with Crippen molar-refractivity contribution in [1.29, 1.82) is 0 Å². The van der Waals surface area contributed by atoms with Gasteiger partial charge in [0.1, 0.15) is 0 Å². The minimum Gasteiger partial charge on any atom is -0.392 e. The third-order valence-electron chi connectivity index (χ3n) is 3.95. The lowest BCUT2D eigenvalue weighted by atomic mass is 10.1. The maximum absolute atomic E-state index is 9.07. The summed E-state index contributed by atoms with van der Waals surface area (Å²) in [5, 5.41) is 9.07. The highest BCUT2D eigenvalue weighted by atomic mass is 16.3. The van der Waals surface area contributed by atoms with E-state index in [-0.39, 0.29) is 6.61 Å². The molecule has 0 bridgehead atoms. The van der Waals surface area contributed by atoms with E-state index in [1.54, 1.807) is 0 Å². The quantitative estimate of drug-likeness (QED) is 0.257. The van der Waals surface area contributed by atoms with Gasteiger partial charge in [0, 0.05) is 0 Å². The second-order valence-electron chi connectivity index (χ2n) is 6.01. The molecule has 0 aliphatic heterocycles. The molecule has 132 valence electrons. The van der Waals surface area contributed by atoms with E-state index < -0.39 is 0 Å². The van der Waals surface area contributed by atoms with Gasteiger partial charge < -0.3 is 5.11 Å². The molecule has 1 N–H and O–H groups in total. The van der Waals surface area contributed by atoms with Crippen LogP contribution in [0.2, 0.25) is 0 Å². The summed E-state index contributed by atoms with van der Waals surface area (Å²) in [7, 11) is 0. The van der Waals surface area contributed by atoms with Crippen LogP contribution in [0, 0.1) is 0 Å². The van der Waals surface area contributed by atoms with Crippen LogP contribution in [0.5, 0.6) is 0 Å². The summed E-state index contributed by atoms with van der Waals surface area (Å²) in [6.45, 7) is 4.50. The zero-order valence-corrected chi connectivity index (χ0v) is 15.5. The van der Waals surface area contributed by atoms with Crippen LogP contribution in [0.1, 0.15) is 84.5 Å². The van der Waals surface area contributed by atoms with E-state index >= 15 is 0 Å². The molecule has 0 aliphatic rings. The second kappa shape index (κ2) is 19.0. The third-order valence-corrected chi connectivity index (χ3v) is 3.95. The number of hydrogen-bond donors (Lipinski definition) is 1. The minimum atomic E-state index is 0.230. The minimum absolute atomic E-state index is 0.230. The highest BCUT2D eigenvalue weighted by molar-refractivity contribution is 5.00. The van der Waals surface area contributed by atoms with Gasteiger partial charge in [0.05, 0.1) is 6.61 Å². The van der Waals surface area contributed by atoms with Crippen LogP contribution in [0.15, 0.2) is 48.1 Å². The van der Waals surface area contributed by atoms with Gasteiger partial charge in [-0.15, -0.1) is 0 Å². The molecule has 0 unspecified atom stereocenters. The van der Waals surface area contributed by atoms with Crippen molar-refractivity contribution in [1.82, 2.24) is 0 Å². The molecule has 0 amide bonds. The SMILES string of the molecule is CCC=CCC=CCC=CCCCCCCCC=C(CC)CO. The van der Waals surface area contributed by atoms with Crippen LogP contribution in [0.25, 0.3) is 0 Å². The first-order chi connectivity index (χ1) is 11.3. The van der Waals surface area contributed by atoms with Crippen LogP contribution in [0.3, 0.4) is 0 Å². The number of aliphatic hydroxyl groups is 1. The van der Waals surface area contributed by atoms with Crippen molar-refractivity contribution in [3.05, 3.63) is 48.1 Å². The van der Waals surface area contributed by atoms with Gasteiger partial charge in [0.2, 0.25) is 0 Å². The molecule has 0 radical (unpaired) electrons. The van der Waals surface area contributed by atoms with Crippen LogP contribution >= 0.6 is 0 Å². The van der Waals surface area contributed by atoms with Crippen molar-refractivity contribution in [2.24, 2.45) is 0 Å². The first-order valence-corrected chi connectivity index (χ1v) is 9.58. The first kappa shape index (κ1) is 21.9. The lowest BCUT2D eigenvalue weighted by Gasteiger charge is -2.01. The second-order valence-corrected chi connectivity index (χ2v) is 6.01. The normalized spacial score (nSPS) is 13.1. The van der Waals surface area contributed by atoms with Crippen molar-refractivity contribution in [2.75, 3.05) is 6.61 Å². The standard InChI is InChI=1S/C22H38O/c1-3-5-6-7-8-9-10-11-12-13-14-15-16-17-18-19-20-22(4-2)21-23/h5-6,8-9,11-12,20,23H,3-4,7,10,13-19,21H2,1-2H3. The highest BCUT2D eigenvalue weighted by Crippen LogP contribution is 2.10. The van der Waals surface area contributed by atoms with Gasteiger partial charge in [-0.3, -0.25) is 0 Å². The molecular weight excluding hydrogens is 280 g/mol. The summed E-state index contributed by atoms with van der Waals surface area (Å²) in [5.41, 5.74) is 1.19. The average Bonchev–Trinajstić information content (AvgIpc) is 2.58. The van der Waals surface area contributed by atoms with Gasteiger partial charge in [-0.05, 0) is 56.9 Å². The van der Waals surface area contributed by atoms with Gasteiger partial charge in [-0.2, -0.15) is 0 Å². The number of aliphatic hydroxyl groups excluding tert-OH is 1. The van der Waals surface area contributed by atoms with Crippen LogP contribution < -0.4 is 0 Å². The number of allylic oxidation sites excluding steroid dienone is 7. The molecule has 0 fully saturated rings. The molecule has 1 heteroatoms. The lowest BCUT2D eigenvalue weighted by Crippen LogP contribution is -1.88. The fraction of sp³-hybridized carbons (Fsp3) is 0.636. The van der Waals surface area contributed by atoms with E-state index in [9.17, 15) is 0 Å². The van der Waals surface area contributed by atoms with Crippen molar-refractivity contribution in [3.63, 3.8) is 0 Å². The summed E-state index contributed by atoms with van der Waals surface area (Å²) in [6.07, 6.45) is 28.9. The zero-order valence-electron chi connectivity index (χ0n) is 15.5. The molecule has 0 spiro atoms. The molecular formula is C22H38O. The molecule has 23 heavy (non-hydrogen) atoms. The van der Waals surface area contributed by atoms with Crippen LogP contribution in [-0.2, 0) is 0 Å². The van der Waals surface area contributed by atoms with Crippen molar-refractivity contribution < 1.29 is 5.11 Å². The summed E-state index contributed by atoms with van der Waals surface area (Å²) in [6, 6.07) is 0. The van der Waals surface area contributed by atoms with Crippen molar-refractivity contribution >= 4 is 0 Å². The van der Waals surface area contributed by atoms with Gasteiger partial charge in [-0.25, -0.2) is 0 Å². The molecule has 0 saturated carbocycles. The Morgan fingerprint density at radius 2 is 1.26 bits per heavy atom. The van der Waals surface area contributed by atoms with E-state index in [2.05, 4.69) is 56.4 Å². The fourth-order valence-electron chi connectivity index (χ4n) is 2.39. The third kappa shape index (κ3) is 17.1. The molecule has 0 rings (SSSR count). The zero-order chi connectivity index (χ0) is 17.0. The Morgan fingerprint density at radius 1 is 0.696 bits per heavy atom. The van der Waals surface area contributed by atoms with Crippen molar-refractivity contribution in [2.45, 2.75) is 84.5 Å². The Hall–Kier alpha value is -1.08. The number of hydrogen-bond acceptors (Lipinski definition) is 1. The smallest absolute Gasteiger partial charge is 0.0641 e. The molecule has 0 atom stereocenters. The summed E-state index contributed by atoms with van der Waals surface area (Å²) >= 11 is 0. The molecule has 0 heterocycles. The number of unbranched alkanes of at least 4 members (excludes halogenated alkanes) is 6. The lowest BCUT2D eigenvalue weighted by molar-refractivity contribution is 0.327. The topological polar surface area (TPSA) is 20.2 Å².